The topological polar surface area (TPSA) is 72.5 Å². The van der Waals surface area contributed by atoms with Gasteiger partial charge in [-0.25, -0.2) is 0 Å². The lowest BCUT2D eigenvalue weighted by Gasteiger charge is -2.06. The summed E-state index contributed by atoms with van der Waals surface area (Å²) in [6, 6.07) is 6.73. The molecule has 0 heterocycles. The number of hydrogen-bond donors (Lipinski definition) is 2. The first-order chi connectivity index (χ1) is 7.13. The third-order valence-electron chi connectivity index (χ3n) is 2.22. The van der Waals surface area contributed by atoms with Crippen LogP contribution < -0.4 is 10.5 Å². The van der Waals surface area contributed by atoms with Crippen LogP contribution in [0, 0.1) is 0 Å². The summed E-state index contributed by atoms with van der Waals surface area (Å²) in [5.74, 6) is -0.162. The van der Waals surface area contributed by atoms with Gasteiger partial charge >= 0.3 is 5.97 Å². The van der Waals surface area contributed by atoms with Gasteiger partial charge in [0, 0.05) is 0 Å². The Morgan fingerprint density at radius 2 is 2.00 bits per heavy atom. The highest BCUT2D eigenvalue weighted by molar-refractivity contribution is 5.85. The predicted octanol–water partition coefficient (Wildman–Crippen LogP) is 1.46. The van der Waals surface area contributed by atoms with Crippen molar-refractivity contribution in [3.05, 3.63) is 29.8 Å². The molecule has 0 bridgehead atoms. The summed E-state index contributed by atoms with van der Waals surface area (Å²) in [5, 5.41) is 8.60. The van der Waals surface area contributed by atoms with E-state index in [1.54, 1.807) is 7.11 Å². The van der Waals surface area contributed by atoms with Crippen LogP contribution in [0.2, 0.25) is 0 Å². The zero-order valence-corrected chi connectivity index (χ0v) is 9.87. The molecule has 0 radical (unpaired) electrons. The van der Waals surface area contributed by atoms with E-state index in [1.165, 1.54) is 0 Å². The van der Waals surface area contributed by atoms with Crippen molar-refractivity contribution in [2.45, 2.75) is 18.9 Å². The number of halogens is 1. The smallest absolute Gasteiger partial charge is 0.320 e. The summed E-state index contributed by atoms with van der Waals surface area (Å²) in [6.45, 7) is 0. The van der Waals surface area contributed by atoms with Crippen molar-refractivity contribution in [1.29, 1.82) is 0 Å². The molecule has 0 aliphatic carbocycles. The Balaban J connectivity index is 0.00000225. The minimum Gasteiger partial charge on any atom is -0.497 e. The fourth-order valence-corrected chi connectivity index (χ4v) is 1.24. The number of ether oxygens (including phenoxy) is 1. The lowest BCUT2D eigenvalue weighted by atomic mass is 10.1. The van der Waals surface area contributed by atoms with Crippen LogP contribution in [0.5, 0.6) is 5.75 Å². The Morgan fingerprint density at radius 3 is 2.44 bits per heavy atom. The molecule has 1 rings (SSSR count). The van der Waals surface area contributed by atoms with Crippen molar-refractivity contribution in [2.24, 2.45) is 5.73 Å². The molecule has 16 heavy (non-hydrogen) atoms. The molecule has 0 saturated heterocycles. The van der Waals surface area contributed by atoms with E-state index in [0.29, 0.717) is 12.8 Å². The van der Waals surface area contributed by atoms with Gasteiger partial charge in [0.25, 0.3) is 0 Å². The second kappa shape index (κ2) is 7.09. The number of aryl methyl sites for hydroxylation is 1. The molecular weight excluding hydrogens is 230 g/mol. The summed E-state index contributed by atoms with van der Waals surface area (Å²) in [7, 11) is 1.61. The Morgan fingerprint density at radius 1 is 1.44 bits per heavy atom. The number of hydrogen-bond acceptors (Lipinski definition) is 3. The van der Waals surface area contributed by atoms with E-state index >= 15 is 0 Å². The Kier molecular flexibility index (Phi) is 6.53. The molecule has 0 aromatic heterocycles. The number of rotatable bonds is 5. The van der Waals surface area contributed by atoms with E-state index in [1.807, 2.05) is 24.3 Å². The van der Waals surface area contributed by atoms with Crippen LogP contribution >= 0.6 is 12.4 Å². The van der Waals surface area contributed by atoms with Crippen molar-refractivity contribution < 1.29 is 14.6 Å². The second-order valence-electron chi connectivity index (χ2n) is 3.33. The van der Waals surface area contributed by atoms with Gasteiger partial charge in [-0.15, -0.1) is 12.4 Å². The number of methoxy groups -OCH3 is 1. The van der Waals surface area contributed by atoms with E-state index in [0.717, 1.165) is 11.3 Å². The monoisotopic (exact) mass is 245 g/mol. The summed E-state index contributed by atoms with van der Waals surface area (Å²) in [5.41, 5.74) is 6.46. The zero-order chi connectivity index (χ0) is 11.3. The molecule has 5 heteroatoms. The molecule has 90 valence electrons. The van der Waals surface area contributed by atoms with E-state index in [4.69, 9.17) is 15.6 Å². The number of nitrogens with two attached hydrogens (primary N) is 1. The van der Waals surface area contributed by atoms with Crippen LogP contribution in [0.15, 0.2) is 24.3 Å². The number of benzene rings is 1. The predicted molar refractivity (Wildman–Crippen MR) is 64.2 cm³/mol. The SMILES string of the molecule is COc1ccc(CC[C@H](N)C(=O)O)cc1.Cl. The van der Waals surface area contributed by atoms with Crippen molar-refractivity contribution in [1.82, 2.24) is 0 Å². The van der Waals surface area contributed by atoms with Crippen molar-refractivity contribution >= 4 is 18.4 Å². The van der Waals surface area contributed by atoms with Crippen LogP contribution in [-0.2, 0) is 11.2 Å². The van der Waals surface area contributed by atoms with Gasteiger partial charge in [-0.3, -0.25) is 4.79 Å². The fourth-order valence-electron chi connectivity index (χ4n) is 1.24. The molecule has 0 aliphatic heterocycles. The average Bonchev–Trinajstić information content (AvgIpc) is 2.26. The highest BCUT2D eigenvalue weighted by Gasteiger charge is 2.10. The molecule has 0 amide bonds. The first-order valence-corrected chi connectivity index (χ1v) is 4.75. The summed E-state index contributed by atoms with van der Waals surface area (Å²) in [6.07, 6.45) is 1.11. The number of carbonyl (C=O) groups is 1. The van der Waals surface area contributed by atoms with Crippen LogP contribution in [-0.4, -0.2) is 24.2 Å². The Bertz CT molecular complexity index is 327. The first-order valence-electron chi connectivity index (χ1n) is 4.75. The maximum absolute atomic E-state index is 10.5. The summed E-state index contributed by atoms with van der Waals surface area (Å²) >= 11 is 0. The second-order valence-corrected chi connectivity index (χ2v) is 3.33. The molecule has 0 unspecified atom stereocenters. The number of aliphatic carboxylic acids is 1. The van der Waals surface area contributed by atoms with Crippen LogP contribution in [0.3, 0.4) is 0 Å². The van der Waals surface area contributed by atoms with Gasteiger partial charge in [0.15, 0.2) is 0 Å². The lowest BCUT2D eigenvalue weighted by Crippen LogP contribution is -2.30. The molecule has 1 aromatic rings. The van der Waals surface area contributed by atoms with Gasteiger partial charge in [0.1, 0.15) is 11.8 Å². The highest BCUT2D eigenvalue weighted by Crippen LogP contribution is 2.12. The normalized spacial score (nSPS) is 11.4. The summed E-state index contributed by atoms with van der Waals surface area (Å²) in [4.78, 5) is 10.5. The maximum atomic E-state index is 10.5. The Hall–Kier alpha value is -1.26. The maximum Gasteiger partial charge on any atom is 0.320 e. The van der Waals surface area contributed by atoms with Crippen LogP contribution in [0.1, 0.15) is 12.0 Å². The molecule has 0 aliphatic rings. The standard InChI is InChI=1S/C11H15NO3.ClH/c1-15-9-5-2-8(3-6-9)4-7-10(12)11(13)14;/h2-3,5-6,10H,4,7,12H2,1H3,(H,13,14);1H/t10-;/m0./s1. The largest absolute Gasteiger partial charge is 0.497 e. The van der Waals surface area contributed by atoms with Gasteiger partial charge in [-0.2, -0.15) is 0 Å². The molecule has 1 atom stereocenters. The number of carboxylic acids is 1. The fraction of sp³-hybridized carbons (Fsp3) is 0.364. The zero-order valence-electron chi connectivity index (χ0n) is 9.05. The minimum absolute atomic E-state index is 0. The molecule has 3 N–H and O–H groups in total. The van der Waals surface area contributed by atoms with E-state index in [2.05, 4.69) is 0 Å². The molecule has 0 fully saturated rings. The van der Waals surface area contributed by atoms with Crippen molar-refractivity contribution in [2.75, 3.05) is 7.11 Å². The lowest BCUT2D eigenvalue weighted by molar-refractivity contribution is -0.138. The van der Waals surface area contributed by atoms with Crippen molar-refractivity contribution in [3.63, 3.8) is 0 Å². The van der Waals surface area contributed by atoms with E-state index in [9.17, 15) is 4.79 Å². The molecule has 1 aromatic carbocycles. The van der Waals surface area contributed by atoms with E-state index < -0.39 is 12.0 Å². The third kappa shape index (κ3) is 4.51. The average molecular weight is 246 g/mol. The number of carboxylic acid groups (broad SMARTS) is 1. The van der Waals surface area contributed by atoms with Gasteiger partial charge < -0.3 is 15.6 Å². The first kappa shape index (κ1) is 14.7. The molecule has 0 saturated carbocycles. The molecule has 0 spiro atoms. The molecule has 4 nitrogen and oxygen atoms in total. The van der Waals surface area contributed by atoms with Crippen molar-refractivity contribution in [3.8, 4) is 5.75 Å². The highest BCUT2D eigenvalue weighted by atomic mass is 35.5. The van der Waals surface area contributed by atoms with Crippen LogP contribution in [0.25, 0.3) is 0 Å². The van der Waals surface area contributed by atoms with Gasteiger partial charge in [-0.05, 0) is 30.5 Å². The van der Waals surface area contributed by atoms with Gasteiger partial charge in [0.2, 0.25) is 0 Å². The Labute approximate surface area is 101 Å². The van der Waals surface area contributed by atoms with Gasteiger partial charge in [-0.1, -0.05) is 12.1 Å². The minimum atomic E-state index is -0.955. The van der Waals surface area contributed by atoms with Crippen LogP contribution in [0.4, 0.5) is 0 Å². The van der Waals surface area contributed by atoms with E-state index in [-0.39, 0.29) is 12.4 Å². The third-order valence-corrected chi connectivity index (χ3v) is 2.22. The van der Waals surface area contributed by atoms with Gasteiger partial charge in [0.05, 0.1) is 7.11 Å². The summed E-state index contributed by atoms with van der Waals surface area (Å²) < 4.78 is 5.01. The quantitative estimate of drug-likeness (QED) is 0.824. The molecular formula is C11H16ClNO3.